The fraction of sp³-hybridized carbons (Fsp3) is 0.125. The summed E-state index contributed by atoms with van der Waals surface area (Å²) in [5, 5.41) is 1.13. The van der Waals surface area contributed by atoms with Gasteiger partial charge in [0.1, 0.15) is 18.7 Å². The third kappa shape index (κ3) is 3.65. The molecule has 0 saturated heterocycles. The summed E-state index contributed by atoms with van der Waals surface area (Å²) in [6, 6.07) is 11.7. The molecular weight excluding hydrogens is 326 g/mol. The predicted octanol–water partition coefficient (Wildman–Crippen LogP) is 4.46. The lowest BCUT2D eigenvalue weighted by Crippen LogP contribution is -2.06. The molecule has 1 aromatic heterocycles. The van der Waals surface area contributed by atoms with Crippen LogP contribution in [0.1, 0.15) is 5.56 Å². The molecule has 0 radical (unpaired) electrons. The first-order valence-corrected chi connectivity index (χ1v) is 7.07. The smallest absolute Gasteiger partial charge is 0.387 e. The van der Waals surface area contributed by atoms with Crippen LogP contribution < -0.4 is 9.47 Å². The Morgan fingerprint density at radius 1 is 1.09 bits per heavy atom. The molecule has 0 aliphatic heterocycles. The lowest BCUT2D eigenvalue weighted by Gasteiger charge is -2.12. The second-order valence-corrected chi connectivity index (χ2v) is 5.05. The Bertz CT molecular complexity index is 825. The summed E-state index contributed by atoms with van der Waals surface area (Å²) in [6.45, 7) is -2.93. The normalized spacial score (nSPS) is 11.0. The van der Waals surface area contributed by atoms with Crippen LogP contribution in [0.15, 0.2) is 48.8 Å². The van der Waals surface area contributed by atoms with Gasteiger partial charge in [0.2, 0.25) is 5.88 Å². The molecule has 0 atom stereocenters. The van der Waals surface area contributed by atoms with Gasteiger partial charge in [-0.3, -0.25) is 0 Å². The van der Waals surface area contributed by atoms with Crippen LogP contribution in [0.4, 0.5) is 8.78 Å². The highest BCUT2D eigenvalue weighted by atomic mass is 35.5. The molecule has 0 bridgehead atoms. The monoisotopic (exact) mass is 336 g/mol. The Morgan fingerprint density at radius 2 is 1.91 bits per heavy atom. The molecule has 0 spiro atoms. The van der Waals surface area contributed by atoms with Gasteiger partial charge in [-0.05, 0) is 30.3 Å². The molecule has 3 aromatic rings. The number of hydrogen-bond donors (Lipinski definition) is 0. The first-order chi connectivity index (χ1) is 11.1. The molecule has 0 fully saturated rings. The standard InChI is InChI=1S/C16H11ClF2N2O2/c17-11-5-6-14(23-16(18)19)10(7-11)8-22-15-12-3-1-2-4-13(12)20-9-21-15/h1-7,9,16H,8H2. The molecule has 1 heterocycles. The number of rotatable bonds is 5. The maximum atomic E-state index is 12.5. The van der Waals surface area contributed by atoms with Crippen molar-refractivity contribution in [1.29, 1.82) is 0 Å². The molecule has 2 aromatic carbocycles. The third-order valence-corrected chi connectivity index (χ3v) is 3.34. The summed E-state index contributed by atoms with van der Waals surface area (Å²) in [4.78, 5) is 8.21. The van der Waals surface area contributed by atoms with E-state index in [1.165, 1.54) is 24.5 Å². The average Bonchev–Trinajstić information content (AvgIpc) is 2.54. The number of fused-ring (bicyclic) bond motifs is 1. The van der Waals surface area contributed by atoms with Crippen LogP contribution in [-0.4, -0.2) is 16.6 Å². The van der Waals surface area contributed by atoms with Gasteiger partial charge in [-0.2, -0.15) is 8.78 Å². The Balaban J connectivity index is 1.86. The Labute approximate surface area is 135 Å². The van der Waals surface area contributed by atoms with E-state index in [9.17, 15) is 8.78 Å². The molecule has 3 rings (SSSR count). The summed E-state index contributed by atoms with van der Waals surface area (Å²) in [5.41, 5.74) is 1.13. The fourth-order valence-corrected chi connectivity index (χ4v) is 2.31. The zero-order valence-corrected chi connectivity index (χ0v) is 12.5. The second-order valence-electron chi connectivity index (χ2n) is 4.62. The maximum absolute atomic E-state index is 12.5. The molecule has 118 valence electrons. The molecule has 7 heteroatoms. The van der Waals surface area contributed by atoms with Crippen molar-refractivity contribution in [3.8, 4) is 11.6 Å². The Morgan fingerprint density at radius 3 is 2.74 bits per heavy atom. The first kappa shape index (κ1) is 15.4. The number of benzene rings is 2. The quantitative estimate of drug-likeness (QED) is 0.690. The van der Waals surface area contributed by atoms with Crippen LogP contribution in [0, 0.1) is 0 Å². The van der Waals surface area contributed by atoms with E-state index in [2.05, 4.69) is 14.7 Å². The average molecular weight is 337 g/mol. The van der Waals surface area contributed by atoms with Crippen molar-refractivity contribution in [2.75, 3.05) is 0 Å². The molecular formula is C16H11ClF2N2O2. The zero-order valence-electron chi connectivity index (χ0n) is 11.7. The predicted molar refractivity (Wildman–Crippen MR) is 82.0 cm³/mol. The first-order valence-electron chi connectivity index (χ1n) is 6.69. The fourth-order valence-electron chi connectivity index (χ4n) is 2.11. The molecule has 23 heavy (non-hydrogen) atoms. The zero-order chi connectivity index (χ0) is 16.2. The van der Waals surface area contributed by atoms with Crippen molar-refractivity contribution >= 4 is 22.5 Å². The van der Waals surface area contributed by atoms with Gasteiger partial charge in [0.15, 0.2) is 0 Å². The molecule has 4 nitrogen and oxygen atoms in total. The number of alkyl halides is 2. The summed E-state index contributed by atoms with van der Waals surface area (Å²) < 4.78 is 35.0. The van der Waals surface area contributed by atoms with Crippen molar-refractivity contribution in [2.45, 2.75) is 13.2 Å². The third-order valence-electron chi connectivity index (χ3n) is 3.11. The van der Waals surface area contributed by atoms with Gasteiger partial charge in [-0.1, -0.05) is 23.7 Å². The van der Waals surface area contributed by atoms with Gasteiger partial charge in [-0.25, -0.2) is 9.97 Å². The number of nitrogens with zero attached hydrogens (tertiary/aromatic N) is 2. The van der Waals surface area contributed by atoms with E-state index in [1.807, 2.05) is 24.3 Å². The van der Waals surface area contributed by atoms with Gasteiger partial charge >= 0.3 is 6.61 Å². The SMILES string of the molecule is FC(F)Oc1ccc(Cl)cc1COc1ncnc2ccccc12. The van der Waals surface area contributed by atoms with Crippen LogP contribution in [0.25, 0.3) is 10.9 Å². The van der Waals surface area contributed by atoms with Crippen LogP contribution in [0.2, 0.25) is 5.02 Å². The molecule has 0 aliphatic rings. The van der Waals surface area contributed by atoms with Crippen LogP contribution in [-0.2, 0) is 6.61 Å². The Hall–Kier alpha value is -2.47. The topological polar surface area (TPSA) is 44.2 Å². The highest BCUT2D eigenvalue weighted by molar-refractivity contribution is 6.30. The van der Waals surface area contributed by atoms with E-state index < -0.39 is 6.61 Å². The van der Waals surface area contributed by atoms with E-state index >= 15 is 0 Å². The number of para-hydroxylation sites is 1. The lowest BCUT2D eigenvalue weighted by atomic mass is 10.2. The number of halogens is 3. The van der Waals surface area contributed by atoms with E-state index in [0.29, 0.717) is 16.5 Å². The molecule has 0 unspecified atom stereocenters. The summed E-state index contributed by atoms with van der Waals surface area (Å²) in [6.07, 6.45) is 1.38. The van der Waals surface area contributed by atoms with Crippen LogP contribution >= 0.6 is 11.6 Å². The largest absolute Gasteiger partial charge is 0.472 e. The highest BCUT2D eigenvalue weighted by Gasteiger charge is 2.12. The van der Waals surface area contributed by atoms with Crippen LogP contribution in [0.3, 0.4) is 0 Å². The highest BCUT2D eigenvalue weighted by Crippen LogP contribution is 2.27. The van der Waals surface area contributed by atoms with Crippen LogP contribution in [0.5, 0.6) is 11.6 Å². The van der Waals surface area contributed by atoms with Crippen molar-refractivity contribution in [3.05, 3.63) is 59.4 Å². The number of ether oxygens (including phenoxy) is 2. The van der Waals surface area contributed by atoms with Gasteiger partial charge in [0.25, 0.3) is 0 Å². The van der Waals surface area contributed by atoms with Crippen molar-refractivity contribution < 1.29 is 18.3 Å². The van der Waals surface area contributed by atoms with Crippen molar-refractivity contribution in [2.24, 2.45) is 0 Å². The Kier molecular flexibility index (Phi) is 4.52. The van der Waals surface area contributed by atoms with E-state index in [4.69, 9.17) is 16.3 Å². The minimum atomic E-state index is -2.92. The van der Waals surface area contributed by atoms with Crippen molar-refractivity contribution in [1.82, 2.24) is 9.97 Å². The van der Waals surface area contributed by atoms with E-state index in [-0.39, 0.29) is 12.4 Å². The van der Waals surface area contributed by atoms with Crippen molar-refractivity contribution in [3.63, 3.8) is 0 Å². The maximum Gasteiger partial charge on any atom is 0.387 e. The summed E-state index contributed by atoms with van der Waals surface area (Å²) in [5.74, 6) is 0.376. The minimum absolute atomic E-state index is 0.0103. The van der Waals surface area contributed by atoms with E-state index in [0.717, 1.165) is 10.9 Å². The summed E-state index contributed by atoms with van der Waals surface area (Å²) >= 11 is 5.91. The lowest BCUT2D eigenvalue weighted by molar-refractivity contribution is -0.0508. The van der Waals surface area contributed by atoms with Gasteiger partial charge in [0.05, 0.1) is 10.9 Å². The second kappa shape index (κ2) is 6.75. The number of hydrogen-bond acceptors (Lipinski definition) is 4. The molecule has 0 saturated carbocycles. The van der Waals surface area contributed by atoms with E-state index in [1.54, 1.807) is 0 Å². The summed E-state index contributed by atoms with van der Waals surface area (Å²) in [7, 11) is 0. The molecule has 0 aliphatic carbocycles. The minimum Gasteiger partial charge on any atom is -0.472 e. The van der Waals surface area contributed by atoms with Gasteiger partial charge in [0, 0.05) is 10.6 Å². The number of aromatic nitrogens is 2. The molecule has 0 N–H and O–H groups in total. The van der Waals surface area contributed by atoms with Gasteiger partial charge < -0.3 is 9.47 Å². The molecule has 0 amide bonds. The van der Waals surface area contributed by atoms with Gasteiger partial charge in [-0.15, -0.1) is 0 Å².